The van der Waals surface area contributed by atoms with E-state index >= 15 is 0 Å². The van der Waals surface area contributed by atoms with Gasteiger partial charge in [-0.05, 0) is 20.3 Å². The van der Waals surface area contributed by atoms with Crippen molar-refractivity contribution in [1.29, 1.82) is 0 Å². The van der Waals surface area contributed by atoms with Gasteiger partial charge in [0.25, 0.3) is 5.56 Å². The summed E-state index contributed by atoms with van der Waals surface area (Å²) in [6.45, 7) is 7.91. The number of esters is 1. The number of carbonyl (C=O) groups is 1. The van der Waals surface area contributed by atoms with Gasteiger partial charge in [-0.25, -0.2) is 4.68 Å². The van der Waals surface area contributed by atoms with Crippen LogP contribution in [-0.2, 0) is 16.1 Å². The first kappa shape index (κ1) is 16.2. The Morgan fingerprint density at radius 1 is 1.35 bits per heavy atom. The highest BCUT2D eigenvalue weighted by atomic mass is 16.5. The van der Waals surface area contributed by atoms with E-state index in [1.807, 2.05) is 25.7 Å². The van der Waals surface area contributed by atoms with Crippen molar-refractivity contribution in [3.63, 3.8) is 0 Å². The Kier molecular flexibility index (Phi) is 6.76. The molecule has 0 saturated heterocycles. The molecule has 0 aliphatic carbocycles. The lowest BCUT2D eigenvalue weighted by molar-refractivity contribution is -0.144. The van der Waals surface area contributed by atoms with Gasteiger partial charge in [-0.3, -0.25) is 9.59 Å². The number of anilines is 1. The highest BCUT2D eigenvalue weighted by Gasteiger charge is 2.09. The Morgan fingerprint density at radius 2 is 2.05 bits per heavy atom. The maximum absolute atomic E-state index is 11.9. The number of hydrogen-bond donors (Lipinski definition) is 0. The summed E-state index contributed by atoms with van der Waals surface area (Å²) in [7, 11) is 0. The summed E-state index contributed by atoms with van der Waals surface area (Å²) in [6.07, 6.45) is 3.40. The van der Waals surface area contributed by atoms with E-state index < -0.39 is 5.97 Å². The van der Waals surface area contributed by atoms with Gasteiger partial charge < -0.3 is 9.64 Å². The van der Waals surface area contributed by atoms with Crippen LogP contribution in [0.1, 0.15) is 33.6 Å². The first-order valence-corrected chi connectivity index (χ1v) is 7.10. The van der Waals surface area contributed by atoms with E-state index in [2.05, 4.69) is 5.10 Å². The van der Waals surface area contributed by atoms with Crippen LogP contribution in [0.2, 0.25) is 0 Å². The van der Waals surface area contributed by atoms with E-state index in [1.54, 1.807) is 6.20 Å². The van der Waals surface area contributed by atoms with Gasteiger partial charge in [-0.1, -0.05) is 13.3 Å². The van der Waals surface area contributed by atoms with Gasteiger partial charge in [0.2, 0.25) is 0 Å². The molecule has 0 fully saturated rings. The Hall–Kier alpha value is -1.85. The number of hydrogen-bond acceptors (Lipinski definition) is 5. The van der Waals surface area contributed by atoms with E-state index in [9.17, 15) is 9.59 Å². The average molecular weight is 281 g/mol. The zero-order chi connectivity index (χ0) is 15.0. The Balaban J connectivity index is 2.69. The standard InChI is InChI=1S/C14H23N3O3/c1-4-7-8-20-14(19)11-17-13(18)9-12(10-15-17)16(5-2)6-3/h9-10H,4-8,11H2,1-3H3. The lowest BCUT2D eigenvalue weighted by Crippen LogP contribution is -2.30. The molecule has 0 spiro atoms. The minimum absolute atomic E-state index is 0.138. The Morgan fingerprint density at radius 3 is 2.60 bits per heavy atom. The second-order valence-electron chi connectivity index (χ2n) is 4.46. The summed E-state index contributed by atoms with van der Waals surface area (Å²) >= 11 is 0. The van der Waals surface area contributed by atoms with E-state index in [1.165, 1.54) is 6.07 Å². The largest absolute Gasteiger partial charge is 0.464 e. The zero-order valence-corrected chi connectivity index (χ0v) is 12.5. The smallest absolute Gasteiger partial charge is 0.327 e. The predicted molar refractivity (Wildman–Crippen MR) is 77.9 cm³/mol. The molecule has 0 aliphatic rings. The van der Waals surface area contributed by atoms with E-state index in [0.29, 0.717) is 6.61 Å². The molecule has 112 valence electrons. The third-order valence-electron chi connectivity index (χ3n) is 3.02. The molecule has 0 aliphatic heterocycles. The van der Waals surface area contributed by atoms with Gasteiger partial charge in [-0.2, -0.15) is 5.10 Å². The second kappa shape index (κ2) is 8.35. The van der Waals surface area contributed by atoms with Crippen molar-refractivity contribution >= 4 is 11.7 Å². The quantitative estimate of drug-likeness (QED) is 0.533. The number of unbranched alkanes of at least 4 members (excludes halogenated alkanes) is 1. The van der Waals surface area contributed by atoms with Crippen LogP contribution in [0.4, 0.5) is 5.69 Å². The molecule has 1 heterocycles. The van der Waals surface area contributed by atoms with Crippen molar-refractivity contribution in [2.24, 2.45) is 0 Å². The molecule has 20 heavy (non-hydrogen) atoms. The van der Waals surface area contributed by atoms with Gasteiger partial charge in [0.15, 0.2) is 0 Å². The fourth-order valence-corrected chi connectivity index (χ4v) is 1.80. The average Bonchev–Trinajstić information content (AvgIpc) is 2.43. The summed E-state index contributed by atoms with van der Waals surface area (Å²) in [5.41, 5.74) is 0.484. The third kappa shape index (κ3) is 4.68. The van der Waals surface area contributed by atoms with Crippen molar-refractivity contribution < 1.29 is 9.53 Å². The summed E-state index contributed by atoms with van der Waals surface area (Å²) in [6, 6.07) is 1.50. The van der Waals surface area contributed by atoms with Crippen molar-refractivity contribution in [1.82, 2.24) is 9.78 Å². The molecule has 0 unspecified atom stereocenters. The van der Waals surface area contributed by atoms with Crippen LogP contribution in [0, 0.1) is 0 Å². The minimum atomic E-state index is -0.427. The number of rotatable bonds is 8. The molecule has 0 N–H and O–H groups in total. The van der Waals surface area contributed by atoms with Crippen molar-refractivity contribution in [3.05, 3.63) is 22.6 Å². The summed E-state index contributed by atoms with van der Waals surface area (Å²) in [4.78, 5) is 25.5. The lowest BCUT2D eigenvalue weighted by atomic mass is 10.4. The van der Waals surface area contributed by atoms with Gasteiger partial charge >= 0.3 is 5.97 Å². The topological polar surface area (TPSA) is 64.4 Å². The molecule has 1 rings (SSSR count). The predicted octanol–water partition coefficient (Wildman–Crippen LogP) is 1.43. The normalized spacial score (nSPS) is 10.3. The minimum Gasteiger partial charge on any atom is -0.464 e. The monoisotopic (exact) mass is 281 g/mol. The maximum atomic E-state index is 11.9. The molecule has 0 radical (unpaired) electrons. The maximum Gasteiger partial charge on any atom is 0.327 e. The molecule has 6 heteroatoms. The van der Waals surface area contributed by atoms with Crippen LogP contribution in [0.25, 0.3) is 0 Å². The molecule has 0 aromatic carbocycles. The van der Waals surface area contributed by atoms with Crippen LogP contribution >= 0.6 is 0 Å². The SMILES string of the molecule is CCCCOC(=O)Cn1ncc(N(CC)CC)cc1=O. The van der Waals surface area contributed by atoms with Gasteiger partial charge in [-0.15, -0.1) is 0 Å². The Bertz CT molecular complexity index is 481. The van der Waals surface area contributed by atoms with Crippen LogP contribution in [0.15, 0.2) is 17.1 Å². The van der Waals surface area contributed by atoms with E-state index in [4.69, 9.17) is 4.74 Å². The summed E-state index contributed by atoms with van der Waals surface area (Å²) < 4.78 is 6.14. The van der Waals surface area contributed by atoms with Crippen molar-refractivity contribution in [2.45, 2.75) is 40.2 Å². The lowest BCUT2D eigenvalue weighted by Gasteiger charge is -2.20. The first-order valence-electron chi connectivity index (χ1n) is 7.10. The molecule has 1 aromatic rings. The zero-order valence-electron chi connectivity index (χ0n) is 12.5. The number of aromatic nitrogens is 2. The summed E-state index contributed by atoms with van der Waals surface area (Å²) in [5, 5.41) is 4.02. The molecule has 0 saturated carbocycles. The molecule has 0 atom stereocenters. The molecule has 6 nitrogen and oxygen atoms in total. The van der Waals surface area contributed by atoms with Gasteiger partial charge in [0.1, 0.15) is 6.54 Å². The molecular formula is C14H23N3O3. The van der Waals surface area contributed by atoms with Crippen LogP contribution < -0.4 is 10.5 Å². The molecular weight excluding hydrogens is 258 g/mol. The van der Waals surface area contributed by atoms with Crippen LogP contribution in [0.3, 0.4) is 0 Å². The highest BCUT2D eigenvalue weighted by Crippen LogP contribution is 2.08. The van der Waals surface area contributed by atoms with E-state index in [0.717, 1.165) is 36.3 Å². The highest BCUT2D eigenvalue weighted by molar-refractivity contribution is 5.69. The van der Waals surface area contributed by atoms with Crippen LogP contribution in [0.5, 0.6) is 0 Å². The molecule has 1 aromatic heterocycles. The number of nitrogens with zero attached hydrogens (tertiary/aromatic N) is 3. The van der Waals surface area contributed by atoms with Gasteiger partial charge in [0, 0.05) is 19.2 Å². The van der Waals surface area contributed by atoms with E-state index in [-0.39, 0.29) is 12.1 Å². The molecule has 0 bridgehead atoms. The third-order valence-corrected chi connectivity index (χ3v) is 3.02. The van der Waals surface area contributed by atoms with Crippen molar-refractivity contribution in [3.8, 4) is 0 Å². The Labute approximate surface area is 119 Å². The van der Waals surface area contributed by atoms with Crippen molar-refractivity contribution in [2.75, 3.05) is 24.6 Å². The number of carbonyl (C=O) groups excluding carboxylic acids is 1. The second-order valence-corrected chi connectivity index (χ2v) is 4.46. The fourth-order valence-electron chi connectivity index (χ4n) is 1.80. The number of ether oxygens (including phenoxy) is 1. The molecule has 0 amide bonds. The van der Waals surface area contributed by atoms with Gasteiger partial charge in [0.05, 0.1) is 18.5 Å². The first-order chi connectivity index (χ1) is 9.62. The summed E-state index contributed by atoms with van der Waals surface area (Å²) in [5.74, 6) is -0.427. The fraction of sp³-hybridized carbons (Fsp3) is 0.643. The van der Waals surface area contributed by atoms with Crippen LogP contribution in [-0.4, -0.2) is 35.4 Å².